The van der Waals surface area contributed by atoms with Gasteiger partial charge in [0.15, 0.2) is 5.11 Å². The first kappa shape index (κ1) is 15.6. The molecule has 1 aliphatic rings. The Bertz CT molecular complexity index is 730. The molecule has 3 nitrogen and oxygen atoms in total. The van der Waals surface area contributed by atoms with Crippen LogP contribution in [0.25, 0.3) is 0 Å². The lowest BCUT2D eigenvalue weighted by Crippen LogP contribution is -2.41. The summed E-state index contributed by atoms with van der Waals surface area (Å²) >= 11 is 5.25. The number of aryl methyl sites for hydroxylation is 1. The highest BCUT2D eigenvalue weighted by Crippen LogP contribution is 2.29. The van der Waals surface area contributed by atoms with Gasteiger partial charge in [0.2, 0.25) is 0 Å². The highest BCUT2D eigenvalue weighted by Gasteiger charge is 2.20. The van der Waals surface area contributed by atoms with Crippen molar-refractivity contribution in [2.75, 3.05) is 0 Å². The number of carbonyl (C=O) groups excluding carboxylic acids is 1. The van der Waals surface area contributed by atoms with E-state index in [4.69, 9.17) is 12.2 Å². The molecule has 0 heterocycles. The van der Waals surface area contributed by atoms with Gasteiger partial charge in [-0.05, 0) is 66.9 Å². The molecular weight excluding hydrogens is 311 g/mol. The van der Waals surface area contributed by atoms with E-state index in [1.807, 2.05) is 12.1 Å². The minimum absolute atomic E-state index is 0.112. The van der Waals surface area contributed by atoms with Crippen LogP contribution in [0.5, 0.6) is 0 Å². The smallest absolute Gasteiger partial charge is 0.257 e. The van der Waals surface area contributed by atoms with Crippen LogP contribution in [-0.4, -0.2) is 11.0 Å². The van der Waals surface area contributed by atoms with Crippen molar-refractivity contribution in [1.82, 2.24) is 10.6 Å². The predicted octanol–water partition coefficient (Wildman–Crippen LogP) is 3.51. The fraction of sp³-hybridized carbons (Fsp3) is 0.222. The van der Waals surface area contributed by atoms with Gasteiger partial charge in [-0.15, -0.1) is 0 Å². The number of nitrogens with one attached hydrogen (secondary N) is 2. The van der Waals surface area contributed by atoms with Crippen LogP contribution in [0.15, 0.2) is 48.5 Å². The summed E-state index contributed by atoms with van der Waals surface area (Å²) in [5.74, 6) is -0.715. The minimum Gasteiger partial charge on any atom is -0.356 e. The fourth-order valence-corrected chi connectivity index (χ4v) is 3.11. The lowest BCUT2D eigenvalue weighted by atomic mass is 9.88. The molecule has 0 saturated heterocycles. The first-order valence-electron chi connectivity index (χ1n) is 7.59. The van der Waals surface area contributed by atoms with Crippen molar-refractivity contribution in [2.24, 2.45) is 0 Å². The van der Waals surface area contributed by atoms with E-state index in [1.54, 1.807) is 0 Å². The van der Waals surface area contributed by atoms with Gasteiger partial charge >= 0.3 is 0 Å². The predicted molar refractivity (Wildman–Crippen MR) is 91.7 cm³/mol. The monoisotopic (exact) mass is 328 g/mol. The second kappa shape index (κ2) is 6.87. The fourth-order valence-electron chi connectivity index (χ4n) is 2.87. The summed E-state index contributed by atoms with van der Waals surface area (Å²) in [6, 6.07) is 13.8. The summed E-state index contributed by atoms with van der Waals surface area (Å²) in [6.45, 7) is 0. The van der Waals surface area contributed by atoms with Crippen LogP contribution in [0.3, 0.4) is 0 Å². The van der Waals surface area contributed by atoms with Gasteiger partial charge in [0, 0.05) is 5.56 Å². The third-order valence-corrected chi connectivity index (χ3v) is 4.23. The second-order valence-corrected chi connectivity index (χ2v) is 5.99. The van der Waals surface area contributed by atoms with E-state index in [-0.39, 0.29) is 17.8 Å². The summed E-state index contributed by atoms with van der Waals surface area (Å²) in [6.07, 6.45) is 3.13. The molecule has 5 heteroatoms. The van der Waals surface area contributed by atoms with Gasteiger partial charge in [-0.1, -0.05) is 24.3 Å². The maximum absolute atomic E-state index is 12.9. The van der Waals surface area contributed by atoms with Gasteiger partial charge in [0.05, 0.1) is 6.04 Å². The van der Waals surface area contributed by atoms with Crippen molar-refractivity contribution in [3.8, 4) is 0 Å². The molecule has 2 N–H and O–H groups in total. The Morgan fingerprint density at radius 3 is 2.65 bits per heavy atom. The van der Waals surface area contributed by atoms with Crippen LogP contribution in [0.1, 0.15) is 40.4 Å². The maximum atomic E-state index is 12.9. The molecule has 23 heavy (non-hydrogen) atoms. The van der Waals surface area contributed by atoms with Crippen molar-refractivity contribution >= 4 is 23.2 Å². The number of amides is 1. The Morgan fingerprint density at radius 1 is 1.13 bits per heavy atom. The molecule has 0 aromatic heterocycles. The largest absolute Gasteiger partial charge is 0.356 e. The van der Waals surface area contributed by atoms with Crippen molar-refractivity contribution in [3.05, 3.63) is 71.0 Å². The molecule has 0 aliphatic heterocycles. The maximum Gasteiger partial charge on any atom is 0.257 e. The standard InChI is InChI=1S/C18H17FN2OS/c19-14-10-8-13(9-11-14)17(22)21-18(23)20-16-7-3-5-12-4-1-2-6-15(12)16/h1-2,4,6,8-11,16H,3,5,7H2,(H2,20,21,22,23)/t16-/m1/s1. The number of carbonyl (C=O) groups is 1. The zero-order valence-electron chi connectivity index (χ0n) is 12.5. The van der Waals surface area contributed by atoms with Crippen molar-refractivity contribution in [2.45, 2.75) is 25.3 Å². The summed E-state index contributed by atoms with van der Waals surface area (Å²) in [4.78, 5) is 12.1. The normalized spacial score (nSPS) is 16.3. The van der Waals surface area contributed by atoms with Crippen LogP contribution >= 0.6 is 12.2 Å². The molecule has 3 rings (SSSR count). The molecule has 2 aromatic rings. The topological polar surface area (TPSA) is 41.1 Å². The van der Waals surface area contributed by atoms with Crippen LogP contribution < -0.4 is 10.6 Å². The van der Waals surface area contributed by atoms with Crippen LogP contribution in [-0.2, 0) is 6.42 Å². The minimum atomic E-state index is -0.374. The Kier molecular flexibility index (Phi) is 4.67. The lowest BCUT2D eigenvalue weighted by Gasteiger charge is -2.27. The van der Waals surface area contributed by atoms with Gasteiger partial charge in [-0.25, -0.2) is 4.39 Å². The number of thiocarbonyl (C=S) groups is 1. The Morgan fingerprint density at radius 2 is 1.87 bits per heavy atom. The second-order valence-electron chi connectivity index (χ2n) is 5.58. The van der Waals surface area contributed by atoms with Crippen LogP contribution in [0.4, 0.5) is 4.39 Å². The molecule has 0 unspecified atom stereocenters. The molecular formula is C18H17FN2OS. The molecule has 0 bridgehead atoms. The summed E-state index contributed by atoms with van der Waals surface area (Å²) in [7, 11) is 0. The molecule has 0 saturated carbocycles. The average molecular weight is 328 g/mol. The first-order valence-corrected chi connectivity index (χ1v) is 7.99. The molecule has 1 amide bonds. The van der Waals surface area contributed by atoms with E-state index in [1.165, 1.54) is 35.4 Å². The van der Waals surface area contributed by atoms with Gasteiger partial charge in [0.25, 0.3) is 5.91 Å². The van der Waals surface area contributed by atoms with Crippen molar-refractivity contribution in [1.29, 1.82) is 0 Å². The van der Waals surface area contributed by atoms with E-state index in [0.717, 1.165) is 19.3 Å². The van der Waals surface area contributed by atoms with Crippen LogP contribution in [0, 0.1) is 5.82 Å². The van der Waals surface area contributed by atoms with Crippen LogP contribution in [0.2, 0.25) is 0 Å². The Balaban J connectivity index is 1.64. The number of fused-ring (bicyclic) bond motifs is 1. The number of hydrogen-bond acceptors (Lipinski definition) is 2. The summed E-state index contributed by atoms with van der Waals surface area (Å²) in [5.41, 5.74) is 2.93. The third-order valence-electron chi connectivity index (χ3n) is 4.01. The SMILES string of the molecule is O=C(NC(=S)N[C@@H]1CCCc2ccccc21)c1ccc(F)cc1. The Labute approximate surface area is 139 Å². The van der Waals surface area contributed by atoms with Crippen molar-refractivity contribution in [3.63, 3.8) is 0 Å². The molecule has 0 spiro atoms. The number of halogens is 1. The zero-order chi connectivity index (χ0) is 16.2. The van der Waals surface area contributed by atoms with Gasteiger partial charge < -0.3 is 5.32 Å². The molecule has 0 radical (unpaired) electrons. The molecule has 0 fully saturated rings. The quantitative estimate of drug-likeness (QED) is 0.829. The molecule has 118 valence electrons. The number of rotatable bonds is 2. The molecule has 2 aromatic carbocycles. The highest BCUT2D eigenvalue weighted by atomic mass is 32.1. The van der Waals surface area contributed by atoms with E-state index < -0.39 is 0 Å². The van der Waals surface area contributed by atoms with Crippen molar-refractivity contribution < 1.29 is 9.18 Å². The average Bonchev–Trinajstić information content (AvgIpc) is 2.55. The van der Waals surface area contributed by atoms with Gasteiger partial charge in [-0.2, -0.15) is 0 Å². The first-order chi connectivity index (χ1) is 11.1. The van der Waals surface area contributed by atoms with E-state index in [2.05, 4.69) is 22.8 Å². The number of benzene rings is 2. The lowest BCUT2D eigenvalue weighted by molar-refractivity contribution is 0.0976. The summed E-state index contributed by atoms with van der Waals surface area (Å²) < 4.78 is 12.9. The van der Waals surface area contributed by atoms with E-state index in [0.29, 0.717) is 10.7 Å². The van der Waals surface area contributed by atoms with Gasteiger partial charge in [-0.3, -0.25) is 10.1 Å². The van der Waals surface area contributed by atoms with Gasteiger partial charge in [0.1, 0.15) is 5.82 Å². The highest BCUT2D eigenvalue weighted by molar-refractivity contribution is 7.80. The zero-order valence-corrected chi connectivity index (χ0v) is 13.3. The third kappa shape index (κ3) is 3.74. The number of hydrogen-bond donors (Lipinski definition) is 2. The Hall–Kier alpha value is -2.27. The van der Waals surface area contributed by atoms with E-state index in [9.17, 15) is 9.18 Å². The van der Waals surface area contributed by atoms with E-state index >= 15 is 0 Å². The summed E-state index contributed by atoms with van der Waals surface area (Å²) in [5, 5.41) is 6.16. The molecule has 1 aliphatic carbocycles. The molecule has 1 atom stereocenters.